The number of likely N-dealkylation sites (tertiary alicyclic amines) is 1. The SMILES string of the molecule is O=C(NC1CC1)c1cccc(S(=O)(=O)NCCN2CCCCC2CO)c1. The molecule has 3 N–H and O–H groups in total. The number of piperidine rings is 1. The van der Waals surface area contributed by atoms with Crippen molar-refractivity contribution in [2.24, 2.45) is 0 Å². The third kappa shape index (κ3) is 5.03. The number of nitrogens with zero attached hydrogens (tertiary/aromatic N) is 1. The lowest BCUT2D eigenvalue weighted by Gasteiger charge is -2.34. The first-order chi connectivity index (χ1) is 12.5. The number of carbonyl (C=O) groups is 1. The van der Waals surface area contributed by atoms with E-state index in [1.54, 1.807) is 12.1 Å². The molecule has 1 saturated carbocycles. The molecule has 1 saturated heterocycles. The summed E-state index contributed by atoms with van der Waals surface area (Å²) in [6.07, 6.45) is 5.08. The lowest BCUT2D eigenvalue weighted by molar-refractivity contribution is 0.0923. The van der Waals surface area contributed by atoms with Crippen molar-refractivity contribution in [3.05, 3.63) is 29.8 Å². The van der Waals surface area contributed by atoms with Gasteiger partial charge in [-0.05, 0) is 50.4 Å². The summed E-state index contributed by atoms with van der Waals surface area (Å²) in [5.41, 5.74) is 0.358. The van der Waals surface area contributed by atoms with E-state index in [0.717, 1.165) is 38.6 Å². The van der Waals surface area contributed by atoms with Crippen molar-refractivity contribution >= 4 is 15.9 Å². The maximum Gasteiger partial charge on any atom is 0.251 e. The Bertz CT molecular complexity index is 734. The predicted octanol–water partition coefficient (Wildman–Crippen LogP) is 0.704. The zero-order chi connectivity index (χ0) is 18.6. The summed E-state index contributed by atoms with van der Waals surface area (Å²) in [6.45, 7) is 1.82. The summed E-state index contributed by atoms with van der Waals surface area (Å²) < 4.78 is 27.7. The van der Waals surface area contributed by atoms with Crippen molar-refractivity contribution in [1.82, 2.24) is 14.9 Å². The van der Waals surface area contributed by atoms with Gasteiger partial charge >= 0.3 is 0 Å². The maximum absolute atomic E-state index is 12.5. The molecule has 144 valence electrons. The molecule has 1 unspecified atom stereocenters. The third-order valence-corrected chi connectivity index (χ3v) is 6.43. The number of aliphatic hydroxyl groups is 1. The van der Waals surface area contributed by atoms with Gasteiger partial charge in [-0.2, -0.15) is 0 Å². The largest absolute Gasteiger partial charge is 0.395 e. The van der Waals surface area contributed by atoms with E-state index in [1.807, 2.05) is 0 Å². The van der Waals surface area contributed by atoms with Crippen LogP contribution in [0.25, 0.3) is 0 Å². The fourth-order valence-corrected chi connectivity index (χ4v) is 4.34. The third-order valence-electron chi connectivity index (χ3n) is 4.97. The molecule has 0 bridgehead atoms. The average molecular weight is 381 g/mol. The van der Waals surface area contributed by atoms with Gasteiger partial charge in [-0.25, -0.2) is 13.1 Å². The van der Waals surface area contributed by atoms with Gasteiger partial charge in [0, 0.05) is 30.7 Å². The number of benzene rings is 1. The van der Waals surface area contributed by atoms with Gasteiger partial charge < -0.3 is 10.4 Å². The maximum atomic E-state index is 12.5. The van der Waals surface area contributed by atoms with Crippen LogP contribution in [0.5, 0.6) is 0 Å². The highest BCUT2D eigenvalue weighted by Gasteiger charge is 2.25. The molecule has 1 aromatic carbocycles. The van der Waals surface area contributed by atoms with Crippen LogP contribution in [-0.4, -0.2) is 62.7 Å². The van der Waals surface area contributed by atoms with Gasteiger partial charge in [0.15, 0.2) is 0 Å². The van der Waals surface area contributed by atoms with Gasteiger partial charge in [0.1, 0.15) is 0 Å². The van der Waals surface area contributed by atoms with Crippen molar-refractivity contribution in [3.63, 3.8) is 0 Å². The molecule has 0 spiro atoms. The Kier molecular flexibility index (Phi) is 6.29. The van der Waals surface area contributed by atoms with E-state index in [2.05, 4.69) is 14.9 Å². The zero-order valence-electron chi connectivity index (χ0n) is 14.9. The van der Waals surface area contributed by atoms with Crippen molar-refractivity contribution in [3.8, 4) is 0 Å². The Labute approximate surface area is 154 Å². The summed E-state index contributed by atoms with van der Waals surface area (Å²) in [4.78, 5) is 14.3. The second kappa shape index (κ2) is 8.47. The fourth-order valence-electron chi connectivity index (χ4n) is 3.27. The molecule has 0 radical (unpaired) electrons. The molecule has 1 atom stereocenters. The summed E-state index contributed by atoms with van der Waals surface area (Å²) >= 11 is 0. The number of hydrogen-bond acceptors (Lipinski definition) is 5. The Balaban J connectivity index is 1.58. The molecule has 1 aromatic rings. The molecular formula is C18H27N3O4S. The summed E-state index contributed by atoms with van der Waals surface area (Å²) in [7, 11) is -3.67. The van der Waals surface area contributed by atoms with Gasteiger partial charge in [-0.15, -0.1) is 0 Å². The Morgan fingerprint density at radius 1 is 1.23 bits per heavy atom. The molecule has 26 heavy (non-hydrogen) atoms. The molecule has 0 aromatic heterocycles. The minimum Gasteiger partial charge on any atom is -0.395 e. The number of aliphatic hydroxyl groups excluding tert-OH is 1. The van der Waals surface area contributed by atoms with Crippen LogP contribution in [0.15, 0.2) is 29.2 Å². The normalized spacial score (nSPS) is 21.5. The Morgan fingerprint density at radius 2 is 2.04 bits per heavy atom. The molecule has 2 fully saturated rings. The monoisotopic (exact) mass is 381 g/mol. The summed E-state index contributed by atoms with van der Waals surface area (Å²) in [5.74, 6) is -0.233. The highest BCUT2D eigenvalue weighted by molar-refractivity contribution is 7.89. The molecule has 1 amide bonds. The van der Waals surface area contributed by atoms with Crippen molar-refractivity contribution in [1.29, 1.82) is 0 Å². The molecular weight excluding hydrogens is 354 g/mol. The van der Waals surface area contributed by atoms with Crippen LogP contribution < -0.4 is 10.0 Å². The lowest BCUT2D eigenvalue weighted by Crippen LogP contribution is -2.45. The molecule has 7 nitrogen and oxygen atoms in total. The number of amides is 1. The van der Waals surface area contributed by atoms with E-state index in [9.17, 15) is 18.3 Å². The van der Waals surface area contributed by atoms with Crippen LogP contribution in [0.2, 0.25) is 0 Å². The molecule has 8 heteroatoms. The number of rotatable bonds is 8. The Hall–Kier alpha value is -1.48. The topological polar surface area (TPSA) is 98.7 Å². The number of sulfonamides is 1. The van der Waals surface area contributed by atoms with Crippen LogP contribution >= 0.6 is 0 Å². The molecule has 1 aliphatic carbocycles. The molecule has 1 aliphatic heterocycles. The van der Waals surface area contributed by atoms with Crippen LogP contribution in [-0.2, 0) is 10.0 Å². The first-order valence-corrected chi connectivity index (χ1v) is 10.7. The van der Waals surface area contributed by atoms with E-state index < -0.39 is 10.0 Å². The standard InChI is InChI=1S/C18H27N3O4S/c22-13-16-5-1-2-10-21(16)11-9-19-26(24,25)17-6-3-4-14(12-17)18(23)20-15-7-8-15/h3-4,6,12,15-16,19,22H,1-2,5,7-11,13H2,(H,20,23). The van der Waals surface area contributed by atoms with Crippen molar-refractivity contribution < 1.29 is 18.3 Å². The van der Waals surface area contributed by atoms with Gasteiger partial charge in [0.25, 0.3) is 5.91 Å². The van der Waals surface area contributed by atoms with Crippen LogP contribution in [0.3, 0.4) is 0 Å². The number of carbonyl (C=O) groups excluding carboxylic acids is 1. The van der Waals surface area contributed by atoms with Crippen LogP contribution in [0.4, 0.5) is 0 Å². The highest BCUT2D eigenvalue weighted by atomic mass is 32.2. The molecule has 3 rings (SSSR count). The van der Waals surface area contributed by atoms with Crippen LogP contribution in [0.1, 0.15) is 42.5 Å². The number of nitrogens with one attached hydrogen (secondary N) is 2. The van der Waals surface area contributed by atoms with E-state index in [1.165, 1.54) is 12.1 Å². The second-order valence-corrected chi connectivity index (χ2v) is 8.81. The quantitative estimate of drug-likeness (QED) is 0.616. The summed E-state index contributed by atoms with van der Waals surface area (Å²) in [6, 6.07) is 6.46. The van der Waals surface area contributed by atoms with Crippen LogP contribution in [0, 0.1) is 0 Å². The number of hydrogen-bond donors (Lipinski definition) is 3. The van der Waals surface area contributed by atoms with E-state index in [-0.39, 0.29) is 36.0 Å². The Morgan fingerprint density at radius 3 is 2.77 bits per heavy atom. The van der Waals surface area contributed by atoms with Gasteiger partial charge in [-0.3, -0.25) is 9.69 Å². The van der Waals surface area contributed by atoms with Crippen molar-refractivity contribution in [2.75, 3.05) is 26.2 Å². The lowest BCUT2D eigenvalue weighted by atomic mass is 10.0. The second-order valence-electron chi connectivity index (χ2n) is 7.04. The van der Waals surface area contributed by atoms with E-state index in [0.29, 0.717) is 12.1 Å². The summed E-state index contributed by atoms with van der Waals surface area (Å²) in [5, 5.41) is 12.3. The van der Waals surface area contributed by atoms with Gasteiger partial charge in [0.2, 0.25) is 10.0 Å². The minimum atomic E-state index is -3.67. The highest BCUT2D eigenvalue weighted by Crippen LogP contribution is 2.20. The van der Waals surface area contributed by atoms with Gasteiger partial charge in [-0.1, -0.05) is 12.5 Å². The molecule has 2 aliphatic rings. The minimum absolute atomic E-state index is 0.0956. The zero-order valence-corrected chi connectivity index (χ0v) is 15.7. The van der Waals surface area contributed by atoms with E-state index >= 15 is 0 Å². The first kappa shape index (κ1) is 19.3. The van der Waals surface area contributed by atoms with E-state index in [4.69, 9.17) is 0 Å². The smallest absolute Gasteiger partial charge is 0.251 e. The molecule has 1 heterocycles. The first-order valence-electron chi connectivity index (χ1n) is 9.25. The fraction of sp³-hybridized carbons (Fsp3) is 0.611. The average Bonchev–Trinajstić information content (AvgIpc) is 3.46. The van der Waals surface area contributed by atoms with Crippen molar-refractivity contribution in [2.45, 2.75) is 49.1 Å². The predicted molar refractivity (Wildman–Crippen MR) is 98.4 cm³/mol. The van der Waals surface area contributed by atoms with Gasteiger partial charge in [0.05, 0.1) is 11.5 Å².